The van der Waals surface area contributed by atoms with Crippen molar-refractivity contribution in [1.29, 1.82) is 5.26 Å². The van der Waals surface area contributed by atoms with E-state index >= 15 is 0 Å². The Kier molecular flexibility index (Phi) is 3.56. The summed E-state index contributed by atoms with van der Waals surface area (Å²) in [6, 6.07) is 3.04. The molecule has 100 valence electrons. The fourth-order valence-corrected chi connectivity index (χ4v) is 3.57. The summed E-state index contributed by atoms with van der Waals surface area (Å²) in [6.07, 6.45) is 5.38. The largest absolute Gasteiger partial charge is 0.378 e. The molecule has 3 fully saturated rings. The van der Waals surface area contributed by atoms with Crippen molar-refractivity contribution < 1.29 is 9.47 Å². The minimum Gasteiger partial charge on any atom is -0.378 e. The normalized spacial score (nSPS) is 38.9. The van der Waals surface area contributed by atoms with Crippen LogP contribution in [0.5, 0.6) is 0 Å². The van der Waals surface area contributed by atoms with E-state index in [1.54, 1.807) is 0 Å². The molecule has 0 bridgehead atoms. The number of piperidine rings is 1. The molecule has 0 aromatic rings. The lowest BCUT2D eigenvalue weighted by molar-refractivity contribution is -0.108. The number of rotatable bonds is 1. The summed E-state index contributed by atoms with van der Waals surface area (Å²) in [4.78, 5) is 2.58. The molecular formula is C14H22N2O2. The van der Waals surface area contributed by atoms with Crippen molar-refractivity contribution in [2.45, 2.75) is 43.7 Å². The Hall–Kier alpha value is -0.630. The first-order valence-corrected chi connectivity index (χ1v) is 7.17. The molecule has 2 atom stereocenters. The van der Waals surface area contributed by atoms with E-state index in [0.717, 1.165) is 65.0 Å². The van der Waals surface area contributed by atoms with Gasteiger partial charge in [0.05, 0.1) is 18.3 Å². The molecule has 3 aliphatic heterocycles. The average Bonchev–Trinajstić information content (AvgIpc) is 2.87. The number of nitriles is 1. The number of nitrogens with zero attached hydrogens (tertiary/aromatic N) is 2. The van der Waals surface area contributed by atoms with Gasteiger partial charge in [-0.2, -0.15) is 5.26 Å². The quantitative estimate of drug-likeness (QED) is 0.708. The zero-order valence-corrected chi connectivity index (χ0v) is 10.9. The fraction of sp³-hybridized carbons (Fsp3) is 0.929. The van der Waals surface area contributed by atoms with Gasteiger partial charge in [-0.05, 0) is 38.8 Å². The van der Waals surface area contributed by atoms with Crippen molar-refractivity contribution in [3.05, 3.63) is 0 Å². The summed E-state index contributed by atoms with van der Waals surface area (Å²) in [5, 5.41) is 8.95. The maximum Gasteiger partial charge on any atom is 0.0951 e. The smallest absolute Gasteiger partial charge is 0.0951 e. The van der Waals surface area contributed by atoms with Gasteiger partial charge in [-0.1, -0.05) is 0 Å². The van der Waals surface area contributed by atoms with Gasteiger partial charge in [0.1, 0.15) is 0 Å². The average molecular weight is 250 g/mol. The summed E-state index contributed by atoms with van der Waals surface area (Å²) in [7, 11) is 0. The van der Waals surface area contributed by atoms with Gasteiger partial charge in [0.2, 0.25) is 0 Å². The van der Waals surface area contributed by atoms with Gasteiger partial charge in [-0.25, -0.2) is 0 Å². The molecule has 4 heteroatoms. The summed E-state index contributed by atoms with van der Waals surface area (Å²) >= 11 is 0. The SMILES string of the molecule is N#CC1CCN(C2CCOC3(CCOC3)C2)CC1. The highest BCUT2D eigenvalue weighted by atomic mass is 16.6. The van der Waals surface area contributed by atoms with Crippen LogP contribution in [0.3, 0.4) is 0 Å². The van der Waals surface area contributed by atoms with Crippen molar-refractivity contribution in [1.82, 2.24) is 4.90 Å². The molecule has 3 aliphatic rings. The highest BCUT2D eigenvalue weighted by Gasteiger charge is 2.42. The molecule has 0 radical (unpaired) electrons. The third-order valence-electron chi connectivity index (χ3n) is 4.76. The van der Waals surface area contributed by atoms with Crippen molar-refractivity contribution in [3.8, 4) is 6.07 Å². The van der Waals surface area contributed by atoms with Crippen LogP contribution >= 0.6 is 0 Å². The van der Waals surface area contributed by atoms with Gasteiger partial charge < -0.3 is 14.4 Å². The molecule has 3 heterocycles. The molecule has 0 N–H and O–H groups in total. The van der Waals surface area contributed by atoms with Crippen LogP contribution in [0.1, 0.15) is 32.1 Å². The Morgan fingerprint density at radius 3 is 2.67 bits per heavy atom. The zero-order chi connectivity index (χ0) is 12.4. The van der Waals surface area contributed by atoms with Gasteiger partial charge in [0, 0.05) is 31.6 Å². The number of hydrogen-bond donors (Lipinski definition) is 0. The Morgan fingerprint density at radius 1 is 1.17 bits per heavy atom. The lowest BCUT2D eigenvalue weighted by Gasteiger charge is -2.44. The van der Waals surface area contributed by atoms with E-state index in [1.807, 2.05) is 0 Å². The summed E-state index contributed by atoms with van der Waals surface area (Å²) < 4.78 is 11.5. The zero-order valence-electron chi connectivity index (χ0n) is 10.9. The van der Waals surface area contributed by atoms with Gasteiger partial charge >= 0.3 is 0 Å². The molecule has 0 saturated carbocycles. The molecule has 18 heavy (non-hydrogen) atoms. The molecule has 2 unspecified atom stereocenters. The second kappa shape index (κ2) is 5.16. The number of likely N-dealkylation sites (tertiary alicyclic amines) is 1. The van der Waals surface area contributed by atoms with Gasteiger partial charge in [0.25, 0.3) is 0 Å². The van der Waals surface area contributed by atoms with Crippen LogP contribution in [0.15, 0.2) is 0 Å². The lowest BCUT2D eigenvalue weighted by Crippen LogP contribution is -2.51. The summed E-state index contributed by atoms with van der Waals surface area (Å²) in [6.45, 7) is 4.66. The second-order valence-electron chi connectivity index (χ2n) is 5.92. The fourth-order valence-electron chi connectivity index (χ4n) is 3.57. The number of ether oxygens (including phenoxy) is 2. The highest BCUT2D eigenvalue weighted by molar-refractivity contribution is 4.96. The molecule has 3 rings (SSSR count). The van der Waals surface area contributed by atoms with Crippen molar-refractivity contribution in [2.75, 3.05) is 32.9 Å². The molecule has 0 amide bonds. The predicted molar refractivity (Wildman–Crippen MR) is 67.1 cm³/mol. The summed E-state index contributed by atoms with van der Waals surface area (Å²) in [5.41, 5.74) is 0.00892. The van der Waals surface area contributed by atoms with Crippen LogP contribution in [0, 0.1) is 17.2 Å². The monoisotopic (exact) mass is 250 g/mol. The molecule has 4 nitrogen and oxygen atoms in total. The third-order valence-corrected chi connectivity index (χ3v) is 4.76. The standard InChI is InChI=1S/C14H22N2O2/c15-10-12-1-5-16(6-2-12)13-3-7-18-14(9-13)4-8-17-11-14/h12-13H,1-9,11H2. The Labute approximate surface area is 109 Å². The maximum absolute atomic E-state index is 8.95. The Bertz CT molecular complexity index is 325. The van der Waals surface area contributed by atoms with E-state index in [-0.39, 0.29) is 11.5 Å². The lowest BCUT2D eigenvalue weighted by atomic mass is 9.87. The van der Waals surface area contributed by atoms with Gasteiger partial charge in [-0.15, -0.1) is 0 Å². The van der Waals surface area contributed by atoms with Gasteiger partial charge in [-0.3, -0.25) is 0 Å². The Balaban J connectivity index is 1.58. The van der Waals surface area contributed by atoms with E-state index < -0.39 is 0 Å². The van der Waals surface area contributed by atoms with E-state index in [0.29, 0.717) is 6.04 Å². The third kappa shape index (κ3) is 2.40. The first-order valence-electron chi connectivity index (χ1n) is 7.17. The van der Waals surface area contributed by atoms with Crippen LogP contribution in [0.25, 0.3) is 0 Å². The van der Waals surface area contributed by atoms with Crippen molar-refractivity contribution in [2.24, 2.45) is 5.92 Å². The van der Waals surface area contributed by atoms with Crippen LogP contribution in [-0.2, 0) is 9.47 Å². The van der Waals surface area contributed by atoms with E-state index in [9.17, 15) is 0 Å². The van der Waals surface area contributed by atoms with Gasteiger partial charge in [0.15, 0.2) is 0 Å². The minimum absolute atomic E-state index is 0.00892. The molecule has 1 spiro atoms. The van der Waals surface area contributed by atoms with E-state index in [4.69, 9.17) is 14.7 Å². The highest BCUT2D eigenvalue weighted by Crippen LogP contribution is 2.35. The first-order chi connectivity index (χ1) is 8.81. The van der Waals surface area contributed by atoms with Crippen LogP contribution in [-0.4, -0.2) is 49.5 Å². The van der Waals surface area contributed by atoms with E-state index in [1.165, 1.54) is 0 Å². The van der Waals surface area contributed by atoms with Crippen LogP contribution < -0.4 is 0 Å². The van der Waals surface area contributed by atoms with Crippen molar-refractivity contribution >= 4 is 0 Å². The molecular weight excluding hydrogens is 228 g/mol. The Morgan fingerprint density at radius 2 is 2.00 bits per heavy atom. The topological polar surface area (TPSA) is 45.5 Å². The number of hydrogen-bond acceptors (Lipinski definition) is 4. The van der Waals surface area contributed by atoms with Crippen molar-refractivity contribution in [3.63, 3.8) is 0 Å². The summed E-state index contributed by atoms with van der Waals surface area (Å²) in [5.74, 6) is 0.282. The van der Waals surface area contributed by atoms with E-state index in [2.05, 4.69) is 11.0 Å². The second-order valence-corrected chi connectivity index (χ2v) is 5.92. The van der Waals surface area contributed by atoms with Crippen LogP contribution in [0.4, 0.5) is 0 Å². The first kappa shape index (κ1) is 12.4. The minimum atomic E-state index is 0.00892. The molecule has 3 saturated heterocycles. The molecule has 0 aromatic carbocycles. The molecule has 0 aromatic heterocycles. The maximum atomic E-state index is 8.95. The van der Waals surface area contributed by atoms with Crippen LogP contribution in [0.2, 0.25) is 0 Å². The molecule has 0 aliphatic carbocycles. The predicted octanol–water partition coefficient (Wildman–Crippen LogP) is 1.56.